The Hall–Kier alpha value is -2.98. The fourth-order valence-corrected chi connectivity index (χ4v) is 5.64. The van der Waals surface area contributed by atoms with Gasteiger partial charge in [-0.15, -0.1) is 0 Å². The topological polar surface area (TPSA) is 146 Å². The van der Waals surface area contributed by atoms with Crippen LogP contribution in [0.5, 0.6) is 0 Å². The van der Waals surface area contributed by atoms with Crippen molar-refractivity contribution >= 4 is 23.6 Å². The minimum absolute atomic E-state index is 0.0671. The molecule has 0 aromatic heterocycles. The molecule has 2 aliphatic rings. The maximum atomic E-state index is 13.9. The average Bonchev–Trinajstić information content (AvgIpc) is 3.39. The highest BCUT2D eigenvalue weighted by molar-refractivity contribution is 5.95. The lowest BCUT2D eigenvalue weighted by molar-refractivity contribution is -0.143. The summed E-state index contributed by atoms with van der Waals surface area (Å²) in [5, 5.41) is 12.2. The van der Waals surface area contributed by atoms with E-state index < -0.39 is 36.0 Å². The molecule has 40 heavy (non-hydrogen) atoms. The summed E-state index contributed by atoms with van der Waals surface area (Å²) in [6.45, 7) is 6.68. The van der Waals surface area contributed by atoms with Gasteiger partial charge in [-0.1, -0.05) is 63.4 Å². The normalized spacial score (nSPS) is 22.0. The van der Waals surface area contributed by atoms with Gasteiger partial charge in [-0.3, -0.25) is 19.2 Å². The summed E-state index contributed by atoms with van der Waals surface area (Å²) in [4.78, 5) is 54.1. The molecule has 4 amide bonds. The van der Waals surface area contributed by atoms with Gasteiger partial charge in [-0.2, -0.15) is 0 Å². The van der Waals surface area contributed by atoms with Crippen molar-refractivity contribution in [1.82, 2.24) is 26.2 Å². The van der Waals surface area contributed by atoms with Crippen LogP contribution < -0.4 is 27.0 Å². The molecule has 0 spiro atoms. The number of nitrogens with zero attached hydrogens (tertiary/aromatic N) is 1. The summed E-state index contributed by atoms with van der Waals surface area (Å²) in [5.74, 6) is -1.21. The van der Waals surface area contributed by atoms with E-state index in [9.17, 15) is 19.2 Å². The maximum Gasteiger partial charge on any atom is 0.246 e. The van der Waals surface area contributed by atoms with Crippen LogP contribution in [0.2, 0.25) is 0 Å². The zero-order valence-corrected chi connectivity index (χ0v) is 24.4. The molecule has 1 saturated carbocycles. The summed E-state index contributed by atoms with van der Waals surface area (Å²) < 4.78 is 0. The van der Waals surface area contributed by atoms with Crippen LogP contribution in [0.1, 0.15) is 64.9 Å². The van der Waals surface area contributed by atoms with E-state index in [1.807, 2.05) is 44.2 Å². The van der Waals surface area contributed by atoms with Gasteiger partial charge >= 0.3 is 0 Å². The Labute approximate surface area is 238 Å². The molecule has 10 nitrogen and oxygen atoms in total. The van der Waals surface area contributed by atoms with Gasteiger partial charge in [0.2, 0.25) is 23.6 Å². The number of hydrogen-bond donors (Lipinski definition) is 5. The molecule has 0 radical (unpaired) electrons. The van der Waals surface area contributed by atoms with Crippen LogP contribution in [0.15, 0.2) is 30.3 Å². The fourth-order valence-electron chi connectivity index (χ4n) is 5.64. The third kappa shape index (κ3) is 8.76. The minimum atomic E-state index is -0.904. The summed E-state index contributed by atoms with van der Waals surface area (Å²) in [5.41, 5.74) is 6.54. The molecule has 1 saturated heterocycles. The van der Waals surface area contributed by atoms with Crippen LogP contribution in [0.25, 0.3) is 0 Å². The van der Waals surface area contributed by atoms with Crippen molar-refractivity contribution in [2.24, 2.45) is 17.6 Å². The largest absolute Gasteiger partial charge is 0.368 e. The Morgan fingerprint density at radius 3 is 2.27 bits per heavy atom. The van der Waals surface area contributed by atoms with Gasteiger partial charge in [-0.25, -0.2) is 0 Å². The Bertz CT molecular complexity index is 997. The summed E-state index contributed by atoms with van der Waals surface area (Å²) in [6, 6.07) is 6.36. The van der Waals surface area contributed by atoms with Gasteiger partial charge in [0.05, 0.1) is 6.04 Å². The molecule has 1 aromatic rings. The number of benzene rings is 1. The zero-order valence-electron chi connectivity index (χ0n) is 24.4. The molecule has 10 heteroatoms. The number of likely N-dealkylation sites (N-methyl/N-ethyl adjacent to an activating group) is 1. The Balaban J connectivity index is 1.77. The predicted octanol–water partition coefficient (Wildman–Crippen LogP) is 1.09. The number of primary amides is 1. The van der Waals surface area contributed by atoms with E-state index in [-0.39, 0.29) is 30.2 Å². The molecule has 1 aliphatic heterocycles. The zero-order chi connectivity index (χ0) is 29.2. The van der Waals surface area contributed by atoms with Crippen LogP contribution in [-0.2, 0) is 25.6 Å². The second-order valence-corrected chi connectivity index (χ2v) is 11.7. The lowest BCUT2D eigenvalue weighted by Crippen LogP contribution is -2.58. The number of nitrogens with one attached hydrogen (secondary N) is 4. The van der Waals surface area contributed by atoms with Crippen molar-refractivity contribution in [1.29, 1.82) is 0 Å². The number of carbonyl (C=O) groups is 4. The molecular formula is C30H48N6O4. The second kappa shape index (κ2) is 15.1. The fraction of sp³-hybridized carbons (Fsp3) is 0.667. The molecule has 2 fully saturated rings. The van der Waals surface area contributed by atoms with Crippen molar-refractivity contribution in [2.45, 2.75) is 95.9 Å². The Kier molecular flexibility index (Phi) is 11.9. The van der Waals surface area contributed by atoms with Crippen molar-refractivity contribution in [3.63, 3.8) is 0 Å². The maximum absolute atomic E-state index is 13.9. The third-order valence-corrected chi connectivity index (χ3v) is 8.31. The van der Waals surface area contributed by atoms with E-state index in [1.54, 1.807) is 18.9 Å². The first-order valence-corrected chi connectivity index (χ1v) is 14.8. The highest BCUT2D eigenvalue weighted by Gasteiger charge is 2.43. The van der Waals surface area contributed by atoms with E-state index >= 15 is 0 Å². The SMILES string of the molecule is CN[C@@H](C)C(=O)N[C@H](C(=O)N1C[C@@H](NCC2CCCCC2)C[C@H]1C(=O)N[C@@H](Cc1ccccc1)C(N)=O)C(C)C. The number of carbonyl (C=O) groups excluding carboxylic acids is 4. The van der Waals surface area contributed by atoms with E-state index in [1.165, 1.54) is 32.1 Å². The summed E-state index contributed by atoms with van der Waals surface area (Å²) in [6.07, 6.45) is 6.83. The lowest BCUT2D eigenvalue weighted by Gasteiger charge is -2.31. The molecular weight excluding hydrogens is 508 g/mol. The van der Waals surface area contributed by atoms with E-state index in [2.05, 4.69) is 21.3 Å². The first-order valence-electron chi connectivity index (χ1n) is 14.8. The Morgan fingerprint density at radius 1 is 1.00 bits per heavy atom. The second-order valence-electron chi connectivity index (χ2n) is 11.7. The molecule has 0 unspecified atom stereocenters. The molecule has 6 N–H and O–H groups in total. The lowest BCUT2D eigenvalue weighted by atomic mass is 9.89. The third-order valence-electron chi connectivity index (χ3n) is 8.31. The highest BCUT2D eigenvalue weighted by Crippen LogP contribution is 2.25. The quantitative estimate of drug-likeness (QED) is 0.246. The first-order chi connectivity index (χ1) is 19.1. The monoisotopic (exact) mass is 556 g/mol. The smallest absolute Gasteiger partial charge is 0.246 e. The number of rotatable bonds is 13. The number of nitrogens with two attached hydrogens (primary N) is 1. The predicted molar refractivity (Wildman–Crippen MR) is 155 cm³/mol. The van der Waals surface area contributed by atoms with E-state index in [4.69, 9.17) is 5.73 Å². The van der Waals surface area contributed by atoms with Gasteiger partial charge in [0.15, 0.2) is 0 Å². The average molecular weight is 557 g/mol. The van der Waals surface area contributed by atoms with Gasteiger partial charge in [-0.05, 0) is 57.2 Å². The van der Waals surface area contributed by atoms with Crippen molar-refractivity contribution in [2.75, 3.05) is 20.1 Å². The van der Waals surface area contributed by atoms with Crippen LogP contribution in [0.4, 0.5) is 0 Å². The molecule has 1 aliphatic carbocycles. The van der Waals surface area contributed by atoms with E-state index in [0.717, 1.165) is 12.1 Å². The Morgan fingerprint density at radius 2 is 1.68 bits per heavy atom. The number of likely N-dealkylation sites (tertiary alicyclic amines) is 1. The van der Waals surface area contributed by atoms with Crippen molar-refractivity contribution in [3.8, 4) is 0 Å². The van der Waals surface area contributed by atoms with E-state index in [0.29, 0.717) is 18.9 Å². The van der Waals surface area contributed by atoms with Gasteiger partial charge in [0, 0.05) is 19.0 Å². The van der Waals surface area contributed by atoms with Crippen molar-refractivity contribution in [3.05, 3.63) is 35.9 Å². The molecule has 1 aromatic carbocycles. The van der Waals surface area contributed by atoms with Gasteiger partial charge in [0.25, 0.3) is 0 Å². The summed E-state index contributed by atoms with van der Waals surface area (Å²) in [7, 11) is 1.68. The molecule has 0 bridgehead atoms. The molecule has 222 valence electrons. The number of amides is 4. The molecule has 3 rings (SSSR count). The van der Waals surface area contributed by atoms with Crippen LogP contribution in [0.3, 0.4) is 0 Å². The molecule has 1 heterocycles. The van der Waals surface area contributed by atoms with Crippen molar-refractivity contribution < 1.29 is 19.2 Å². The first kappa shape index (κ1) is 31.5. The van der Waals surface area contributed by atoms with Gasteiger partial charge in [0.1, 0.15) is 18.1 Å². The molecule has 5 atom stereocenters. The minimum Gasteiger partial charge on any atom is -0.368 e. The van der Waals surface area contributed by atoms with Crippen LogP contribution >= 0.6 is 0 Å². The number of hydrogen-bond acceptors (Lipinski definition) is 6. The summed E-state index contributed by atoms with van der Waals surface area (Å²) >= 11 is 0. The van der Waals surface area contributed by atoms with Gasteiger partial charge < -0.3 is 31.9 Å². The van der Waals surface area contributed by atoms with Crippen LogP contribution in [-0.4, -0.2) is 78.9 Å². The highest BCUT2D eigenvalue weighted by atomic mass is 16.2. The van der Waals surface area contributed by atoms with Crippen LogP contribution in [0, 0.1) is 11.8 Å². The standard InChI is InChI=1S/C30H48N6O4/c1-19(2)26(35-28(38)20(3)32-4)30(40)36-18-23(33-17-22-13-9-6-10-14-22)16-25(36)29(39)34-24(27(31)37)15-21-11-7-5-8-12-21/h5,7-8,11-12,19-20,22-26,32-33H,6,9-10,13-18H2,1-4H3,(H2,31,37)(H,34,39)(H,35,38)/t20-,23-,24-,25-,26-/m0/s1.